The van der Waals surface area contributed by atoms with E-state index in [1.807, 2.05) is 25.3 Å². The highest BCUT2D eigenvalue weighted by Gasteiger charge is 2.18. The van der Waals surface area contributed by atoms with E-state index in [0.717, 1.165) is 59.8 Å². The first-order valence-corrected chi connectivity index (χ1v) is 9.90. The third kappa shape index (κ3) is 4.06. The molecule has 6 heteroatoms. The third-order valence-corrected chi connectivity index (χ3v) is 5.13. The van der Waals surface area contributed by atoms with Gasteiger partial charge in [-0.15, -0.1) is 0 Å². The van der Waals surface area contributed by atoms with E-state index in [2.05, 4.69) is 22.8 Å². The van der Waals surface area contributed by atoms with Crippen LogP contribution in [0.1, 0.15) is 37.6 Å². The lowest BCUT2D eigenvalue weighted by atomic mass is 10.1. The second-order valence-electron chi connectivity index (χ2n) is 7.05. The van der Waals surface area contributed by atoms with Crippen LogP contribution in [-0.4, -0.2) is 21.1 Å². The molecular formula is C23H23N3O3. The van der Waals surface area contributed by atoms with Gasteiger partial charge in [0.15, 0.2) is 0 Å². The Balaban J connectivity index is 1.67. The van der Waals surface area contributed by atoms with E-state index in [1.54, 1.807) is 24.3 Å². The van der Waals surface area contributed by atoms with Gasteiger partial charge in [-0.1, -0.05) is 0 Å². The van der Waals surface area contributed by atoms with Gasteiger partial charge in [-0.05, 0) is 79.8 Å². The van der Waals surface area contributed by atoms with Crippen LogP contribution in [0.3, 0.4) is 0 Å². The van der Waals surface area contributed by atoms with Crippen molar-refractivity contribution in [3.63, 3.8) is 0 Å². The number of aromatic nitrogens is 2. The molecule has 2 heterocycles. The number of imidazole rings is 1. The SMILES string of the molecule is CCOc1ccc(-c2cnc3n2CCCC/C3=C\c2ccc([N+](=O)[O-])cc2)cc1. The minimum absolute atomic E-state index is 0.104. The molecular weight excluding hydrogens is 366 g/mol. The van der Waals surface area contributed by atoms with Crippen LogP contribution in [0.25, 0.3) is 22.9 Å². The van der Waals surface area contributed by atoms with Crippen LogP contribution in [0.2, 0.25) is 0 Å². The Morgan fingerprint density at radius 3 is 2.59 bits per heavy atom. The van der Waals surface area contributed by atoms with Crippen LogP contribution >= 0.6 is 0 Å². The number of hydrogen-bond acceptors (Lipinski definition) is 4. The van der Waals surface area contributed by atoms with Crippen LogP contribution in [0, 0.1) is 10.1 Å². The maximum atomic E-state index is 10.9. The van der Waals surface area contributed by atoms with Gasteiger partial charge in [-0.3, -0.25) is 10.1 Å². The number of non-ortho nitro benzene ring substituents is 1. The van der Waals surface area contributed by atoms with Crippen molar-refractivity contribution in [3.8, 4) is 17.0 Å². The summed E-state index contributed by atoms with van der Waals surface area (Å²) in [6.45, 7) is 3.55. The zero-order valence-corrected chi connectivity index (χ0v) is 16.4. The van der Waals surface area contributed by atoms with Gasteiger partial charge in [0.1, 0.15) is 11.6 Å². The first kappa shape index (κ1) is 18.9. The van der Waals surface area contributed by atoms with Crippen LogP contribution in [0.4, 0.5) is 5.69 Å². The molecule has 0 radical (unpaired) electrons. The summed E-state index contributed by atoms with van der Waals surface area (Å²) in [5, 5.41) is 10.9. The Bertz CT molecular complexity index is 1030. The minimum Gasteiger partial charge on any atom is -0.494 e. The van der Waals surface area contributed by atoms with Gasteiger partial charge in [-0.25, -0.2) is 4.98 Å². The van der Waals surface area contributed by atoms with Crippen molar-refractivity contribution in [3.05, 3.63) is 76.2 Å². The molecule has 0 unspecified atom stereocenters. The zero-order valence-electron chi connectivity index (χ0n) is 16.4. The van der Waals surface area contributed by atoms with Crippen LogP contribution < -0.4 is 4.74 Å². The number of benzene rings is 2. The minimum atomic E-state index is -0.377. The first-order valence-electron chi connectivity index (χ1n) is 9.90. The predicted octanol–water partition coefficient (Wildman–Crippen LogP) is 5.58. The van der Waals surface area contributed by atoms with Gasteiger partial charge in [-0.2, -0.15) is 0 Å². The highest BCUT2D eigenvalue weighted by Crippen LogP contribution is 2.32. The summed E-state index contributed by atoms with van der Waals surface area (Å²) in [7, 11) is 0. The van der Waals surface area contributed by atoms with Gasteiger partial charge >= 0.3 is 0 Å². The Morgan fingerprint density at radius 2 is 1.90 bits per heavy atom. The molecule has 0 aliphatic carbocycles. The molecule has 0 atom stereocenters. The quantitative estimate of drug-likeness (QED) is 0.422. The van der Waals surface area contributed by atoms with Gasteiger partial charge in [0.25, 0.3) is 5.69 Å². The monoisotopic (exact) mass is 389 g/mol. The molecule has 0 saturated carbocycles. The second kappa shape index (κ2) is 8.31. The van der Waals surface area contributed by atoms with Crippen molar-refractivity contribution in [2.45, 2.75) is 32.7 Å². The van der Waals surface area contributed by atoms with E-state index < -0.39 is 0 Å². The fourth-order valence-electron chi connectivity index (χ4n) is 3.70. The van der Waals surface area contributed by atoms with Crippen molar-refractivity contribution in [2.24, 2.45) is 0 Å². The van der Waals surface area contributed by atoms with E-state index in [-0.39, 0.29) is 10.6 Å². The number of rotatable bonds is 5. The summed E-state index contributed by atoms with van der Waals surface area (Å²) >= 11 is 0. The highest BCUT2D eigenvalue weighted by atomic mass is 16.6. The summed E-state index contributed by atoms with van der Waals surface area (Å²) in [6.07, 6.45) is 7.14. The molecule has 0 saturated heterocycles. The summed E-state index contributed by atoms with van der Waals surface area (Å²) in [6, 6.07) is 14.8. The molecule has 3 aromatic rings. The molecule has 1 aliphatic heterocycles. The Morgan fingerprint density at radius 1 is 1.14 bits per heavy atom. The molecule has 6 nitrogen and oxygen atoms in total. The van der Waals surface area contributed by atoms with Crippen molar-refractivity contribution in [1.29, 1.82) is 0 Å². The van der Waals surface area contributed by atoms with Crippen LogP contribution in [0.5, 0.6) is 5.75 Å². The molecule has 0 bridgehead atoms. The summed E-state index contributed by atoms with van der Waals surface area (Å²) in [4.78, 5) is 15.2. The lowest BCUT2D eigenvalue weighted by Gasteiger charge is -2.11. The van der Waals surface area contributed by atoms with Gasteiger partial charge in [0.05, 0.1) is 23.4 Å². The number of nitro benzene ring substituents is 1. The van der Waals surface area contributed by atoms with E-state index in [4.69, 9.17) is 9.72 Å². The fraction of sp³-hybridized carbons (Fsp3) is 0.261. The van der Waals surface area contributed by atoms with Crippen molar-refractivity contribution < 1.29 is 9.66 Å². The van der Waals surface area contributed by atoms with E-state index in [1.165, 1.54) is 0 Å². The number of fused-ring (bicyclic) bond motifs is 1. The topological polar surface area (TPSA) is 70.2 Å². The molecule has 2 aromatic carbocycles. The third-order valence-electron chi connectivity index (χ3n) is 5.13. The first-order chi connectivity index (χ1) is 14.2. The molecule has 0 fully saturated rings. The lowest BCUT2D eigenvalue weighted by Crippen LogP contribution is -2.02. The van der Waals surface area contributed by atoms with E-state index >= 15 is 0 Å². The maximum absolute atomic E-state index is 10.9. The van der Waals surface area contributed by atoms with Gasteiger partial charge in [0.2, 0.25) is 0 Å². The number of ether oxygens (including phenoxy) is 1. The zero-order chi connectivity index (χ0) is 20.2. The Hall–Kier alpha value is -3.41. The second-order valence-corrected chi connectivity index (χ2v) is 7.05. The number of nitro groups is 1. The standard InChI is InChI=1S/C23H23N3O3/c1-2-29-21-12-8-18(9-13-21)22-16-24-23-19(5-3-4-14-25(22)23)15-17-6-10-20(11-7-17)26(27)28/h6-13,15-16H,2-5,14H2,1H3/b19-15+. The normalized spacial score (nSPS) is 15.0. The summed E-state index contributed by atoms with van der Waals surface area (Å²) < 4.78 is 7.82. The smallest absolute Gasteiger partial charge is 0.269 e. The molecule has 29 heavy (non-hydrogen) atoms. The molecule has 0 spiro atoms. The van der Waals surface area contributed by atoms with E-state index in [9.17, 15) is 10.1 Å². The molecule has 1 aliphatic rings. The molecule has 0 N–H and O–H groups in total. The fourth-order valence-corrected chi connectivity index (χ4v) is 3.70. The van der Waals surface area contributed by atoms with Crippen LogP contribution in [-0.2, 0) is 6.54 Å². The van der Waals surface area contributed by atoms with Crippen molar-refractivity contribution in [1.82, 2.24) is 9.55 Å². The molecule has 4 rings (SSSR count). The maximum Gasteiger partial charge on any atom is 0.269 e. The summed E-state index contributed by atoms with van der Waals surface area (Å²) in [5.74, 6) is 1.84. The van der Waals surface area contributed by atoms with Gasteiger partial charge < -0.3 is 9.30 Å². The number of allylic oxidation sites excluding steroid dienone is 1. The molecule has 1 aromatic heterocycles. The average Bonchev–Trinajstić information content (AvgIpc) is 3.05. The number of nitrogens with zero attached hydrogens (tertiary/aromatic N) is 3. The Kier molecular flexibility index (Phi) is 5.42. The molecule has 148 valence electrons. The van der Waals surface area contributed by atoms with Crippen LogP contribution in [0.15, 0.2) is 54.7 Å². The van der Waals surface area contributed by atoms with E-state index in [0.29, 0.717) is 6.61 Å². The highest BCUT2D eigenvalue weighted by molar-refractivity contribution is 5.80. The Labute approximate surface area is 169 Å². The van der Waals surface area contributed by atoms with Gasteiger partial charge in [0, 0.05) is 24.2 Å². The molecule has 0 amide bonds. The summed E-state index contributed by atoms with van der Waals surface area (Å²) in [5.41, 5.74) is 4.42. The average molecular weight is 389 g/mol. The van der Waals surface area contributed by atoms with Crippen molar-refractivity contribution >= 4 is 17.3 Å². The largest absolute Gasteiger partial charge is 0.494 e. The van der Waals surface area contributed by atoms with Crippen molar-refractivity contribution in [2.75, 3.05) is 6.61 Å². The number of hydrogen-bond donors (Lipinski definition) is 0. The lowest BCUT2D eigenvalue weighted by molar-refractivity contribution is -0.384. The predicted molar refractivity (Wildman–Crippen MR) is 114 cm³/mol.